The lowest BCUT2D eigenvalue weighted by Gasteiger charge is -2.11. The number of amides is 2. The highest BCUT2D eigenvalue weighted by atomic mass is 32.1. The van der Waals surface area contributed by atoms with E-state index in [4.69, 9.17) is 12.2 Å². The molecule has 0 atom stereocenters. The first kappa shape index (κ1) is 21.5. The first-order chi connectivity index (χ1) is 16.0. The van der Waals surface area contributed by atoms with Gasteiger partial charge in [-0.05, 0) is 48.8 Å². The summed E-state index contributed by atoms with van der Waals surface area (Å²) in [5.41, 5.74) is 1.94. The average Bonchev–Trinajstić information content (AvgIpc) is 3.45. The van der Waals surface area contributed by atoms with E-state index in [-0.39, 0.29) is 23.4 Å². The third-order valence-corrected chi connectivity index (χ3v) is 7.35. The quantitative estimate of drug-likeness (QED) is 0.375. The van der Waals surface area contributed by atoms with Crippen LogP contribution in [0.2, 0.25) is 0 Å². The SMILES string of the molecule is O=C(NCc1ccccc1)c1ccc2c(=O)[nH]c3c(C(=O)NC4CCCC4)sc(=S)n3c2c1. The molecule has 1 aliphatic carbocycles. The zero-order valence-electron chi connectivity index (χ0n) is 17.7. The molecule has 33 heavy (non-hydrogen) atoms. The van der Waals surface area contributed by atoms with Crippen LogP contribution in [0.4, 0.5) is 0 Å². The number of benzene rings is 2. The highest BCUT2D eigenvalue weighted by molar-refractivity contribution is 7.73. The molecular weight excluding hydrogens is 456 g/mol. The monoisotopic (exact) mass is 478 g/mol. The molecule has 2 aromatic heterocycles. The molecule has 1 saturated carbocycles. The molecule has 3 N–H and O–H groups in total. The van der Waals surface area contributed by atoms with E-state index in [1.54, 1.807) is 22.6 Å². The average molecular weight is 479 g/mol. The van der Waals surface area contributed by atoms with E-state index in [1.165, 1.54) is 0 Å². The number of hydrogen-bond acceptors (Lipinski definition) is 5. The Morgan fingerprint density at radius 1 is 1.09 bits per heavy atom. The van der Waals surface area contributed by atoms with Crippen LogP contribution in [0.5, 0.6) is 0 Å². The number of thiazole rings is 1. The van der Waals surface area contributed by atoms with Crippen LogP contribution in [0.15, 0.2) is 53.3 Å². The molecule has 0 spiro atoms. The molecule has 2 heterocycles. The number of aromatic nitrogens is 2. The van der Waals surface area contributed by atoms with Crippen molar-refractivity contribution < 1.29 is 9.59 Å². The van der Waals surface area contributed by atoms with Gasteiger partial charge in [0.05, 0.1) is 10.9 Å². The summed E-state index contributed by atoms with van der Waals surface area (Å²) in [6.07, 6.45) is 4.13. The maximum atomic E-state index is 12.9. The molecule has 2 aromatic carbocycles. The van der Waals surface area contributed by atoms with Crippen molar-refractivity contribution >= 4 is 51.9 Å². The minimum atomic E-state index is -0.330. The van der Waals surface area contributed by atoms with Crippen LogP contribution >= 0.6 is 23.6 Å². The Balaban J connectivity index is 1.52. The van der Waals surface area contributed by atoms with Crippen LogP contribution < -0.4 is 16.2 Å². The molecule has 4 aromatic rings. The van der Waals surface area contributed by atoms with Crippen molar-refractivity contribution in [3.63, 3.8) is 0 Å². The van der Waals surface area contributed by atoms with Gasteiger partial charge in [-0.1, -0.05) is 54.5 Å². The van der Waals surface area contributed by atoms with Gasteiger partial charge in [-0.25, -0.2) is 0 Å². The smallest absolute Gasteiger partial charge is 0.265 e. The van der Waals surface area contributed by atoms with Crippen LogP contribution in [0.1, 0.15) is 51.3 Å². The van der Waals surface area contributed by atoms with Crippen LogP contribution in [-0.2, 0) is 6.54 Å². The van der Waals surface area contributed by atoms with Crippen molar-refractivity contribution in [2.45, 2.75) is 38.3 Å². The van der Waals surface area contributed by atoms with Gasteiger partial charge in [0.1, 0.15) is 10.5 Å². The second kappa shape index (κ2) is 8.92. The molecular formula is C24H22N4O3S2. The molecule has 0 radical (unpaired) electrons. The van der Waals surface area contributed by atoms with E-state index >= 15 is 0 Å². The number of nitrogens with one attached hydrogen (secondary N) is 3. The van der Waals surface area contributed by atoms with E-state index in [0.717, 1.165) is 42.6 Å². The zero-order valence-corrected chi connectivity index (χ0v) is 19.4. The van der Waals surface area contributed by atoms with Gasteiger partial charge >= 0.3 is 0 Å². The van der Waals surface area contributed by atoms with Gasteiger partial charge in [-0.3, -0.25) is 18.8 Å². The Kier molecular flexibility index (Phi) is 5.82. The zero-order chi connectivity index (χ0) is 22.9. The van der Waals surface area contributed by atoms with Crippen molar-refractivity contribution in [3.8, 4) is 0 Å². The lowest BCUT2D eigenvalue weighted by molar-refractivity contribution is 0.0937. The molecule has 0 bridgehead atoms. The van der Waals surface area contributed by atoms with Gasteiger partial charge in [0.2, 0.25) is 0 Å². The fourth-order valence-electron chi connectivity index (χ4n) is 4.29. The van der Waals surface area contributed by atoms with Gasteiger partial charge in [-0.2, -0.15) is 0 Å². The number of aromatic amines is 1. The molecule has 0 unspecified atom stereocenters. The van der Waals surface area contributed by atoms with Crippen LogP contribution in [-0.4, -0.2) is 27.2 Å². The third kappa shape index (κ3) is 4.21. The molecule has 1 fully saturated rings. The maximum Gasteiger partial charge on any atom is 0.265 e. The topological polar surface area (TPSA) is 95.5 Å². The van der Waals surface area contributed by atoms with E-state index in [2.05, 4.69) is 15.6 Å². The summed E-state index contributed by atoms with van der Waals surface area (Å²) in [6, 6.07) is 14.7. The van der Waals surface area contributed by atoms with Gasteiger partial charge in [0, 0.05) is 18.2 Å². The highest BCUT2D eigenvalue weighted by Crippen LogP contribution is 2.25. The Morgan fingerprint density at radius 2 is 1.85 bits per heavy atom. The summed E-state index contributed by atoms with van der Waals surface area (Å²) < 4.78 is 2.11. The minimum absolute atomic E-state index is 0.153. The molecule has 168 valence electrons. The highest BCUT2D eigenvalue weighted by Gasteiger charge is 2.23. The second-order valence-electron chi connectivity index (χ2n) is 8.19. The Bertz CT molecular complexity index is 1480. The van der Waals surface area contributed by atoms with Gasteiger partial charge in [0.15, 0.2) is 3.95 Å². The van der Waals surface area contributed by atoms with Gasteiger partial charge < -0.3 is 15.6 Å². The Hall–Kier alpha value is -3.30. The summed E-state index contributed by atoms with van der Waals surface area (Å²) >= 11 is 6.71. The predicted octanol–water partition coefficient (Wildman–Crippen LogP) is 4.17. The lowest BCUT2D eigenvalue weighted by Crippen LogP contribution is -2.32. The molecule has 0 aliphatic heterocycles. The van der Waals surface area contributed by atoms with Crippen LogP contribution in [0, 0.1) is 3.95 Å². The second-order valence-corrected chi connectivity index (χ2v) is 9.83. The fraction of sp³-hybridized carbons (Fsp3) is 0.250. The molecule has 9 heteroatoms. The third-order valence-electron chi connectivity index (χ3n) is 5.98. The van der Waals surface area contributed by atoms with E-state index in [1.807, 2.05) is 30.3 Å². The molecule has 5 rings (SSSR count). The van der Waals surface area contributed by atoms with Crippen molar-refractivity contribution in [1.29, 1.82) is 0 Å². The Labute approximate surface area is 198 Å². The molecule has 1 aliphatic rings. The van der Waals surface area contributed by atoms with Gasteiger partial charge in [0.25, 0.3) is 17.4 Å². The van der Waals surface area contributed by atoms with Crippen molar-refractivity contribution in [2.75, 3.05) is 0 Å². The number of H-pyrrole nitrogens is 1. The lowest BCUT2D eigenvalue weighted by atomic mass is 10.1. The fourth-order valence-corrected chi connectivity index (χ4v) is 5.57. The summed E-state index contributed by atoms with van der Waals surface area (Å²) in [5.74, 6) is -0.484. The summed E-state index contributed by atoms with van der Waals surface area (Å²) in [7, 11) is 0. The first-order valence-corrected chi connectivity index (χ1v) is 12.1. The number of nitrogens with zero attached hydrogens (tertiary/aromatic N) is 1. The van der Waals surface area contributed by atoms with Crippen molar-refractivity contribution in [1.82, 2.24) is 20.0 Å². The summed E-state index contributed by atoms with van der Waals surface area (Å²) in [6.45, 7) is 0.395. The van der Waals surface area contributed by atoms with E-state index < -0.39 is 0 Å². The standard InChI is InChI=1S/C24H22N4O3S2/c29-21(25-13-14-6-2-1-3-7-14)15-10-11-17-18(12-15)28-20(27-22(17)30)19(33-24(28)32)23(31)26-16-8-4-5-9-16/h1-3,6-7,10-12,16H,4-5,8-9,13H2,(H,25,29)(H,26,31)(H,27,30). The summed E-state index contributed by atoms with van der Waals surface area (Å²) in [5, 5.41) is 6.36. The number of carbonyl (C=O) groups is 2. The Morgan fingerprint density at radius 3 is 2.61 bits per heavy atom. The van der Waals surface area contributed by atoms with Gasteiger partial charge in [-0.15, -0.1) is 0 Å². The number of carbonyl (C=O) groups excluding carboxylic acids is 2. The number of hydrogen-bond donors (Lipinski definition) is 3. The van der Waals surface area contributed by atoms with E-state index in [0.29, 0.717) is 37.5 Å². The minimum Gasteiger partial charge on any atom is -0.348 e. The largest absolute Gasteiger partial charge is 0.348 e. The maximum absolute atomic E-state index is 12.9. The normalized spacial score (nSPS) is 14.1. The molecule has 7 nitrogen and oxygen atoms in total. The first-order valence-electron chi connectivity index (χ1n) is 10.9. The number of rotatable bonds is 5. The summed E-state index contributed by atoms with van der Waals surface area (Å²) in [4.78, 5) is 41.7. The van der Waals surface area contributed by atoms with E-state index in [9.17, 15) is 14.4 Å². The predicted molar refractivity (Wildman–Crippen MR) is 132 cm³/mol. The van der Waals surface area contributed by atoms with Crippen LogP contribution in [0.25, 0.3) is 16.6 Å². The number of fused-ring (bicyclic) bond motifs is 3. The molecule has 2 amide bonds. The molecule has 0 saturated heterocycles. The van der Waals surface area contributed by atoms with Crippen molar-refractivity contribution in [3.05, 3.63) is 78.8 Å². The van der Waals surface area contributed by atoms with Crippen LogP contribution in [0.3, 0.4) is 0 Å². The van der Waals surface area contributed by atoms with Crippen molar-refractivity contribution in [2.24, 2.45) is 0 Å².